The van der Waals surface area contributed by atoms with Gasteiger partial charge in [-0.15, -0.1) is 0 Å². The van der Waals surface area contributed by atoms with Gasteiger partial charge >= 0.3 is 6.18 Å². The number of carbonyl (C=O) groups is 1. The Bertz CT molecular complexity index is 478. The van der Waals surface area contributed by atoms with E-state index in [0.29, 0.717) is 32.0 Å². The molecule has 1 fully saturated rings. The molecule has 1 aliphatic rings. The molecule has 2 nitrogen and oxygen atoms in total. The van der Waals surface area contributed by atoms with E-state index < -0.39 is 29.0 Å². The van der Waals surface area contributed by atoms with Gasteiger partial charge in [-0.3, -0.25) is 4.79 Å². The van der Waals surface area contributed by atoms with Crippen LogP contribution in [-0.4, -0.2) is 23.9 Å². The lowest BCUT2D eigenvalue weighted by Gasteiger charge is -2.27. The molecule has 0 aromatic heterocycles. The van der Waals surface area contributed by atoms with Crippen LogP contribution in [-0.2, 0) is 6.18 Å². The first-order valence-electron chi connectivity index (χ1n) is 5.88. The standard InChI is InChI=1S/C13H12F4NO/c14-11-9(5-4-6-10(11)13(15,16)17)12(19)18-7-2-1-3-8-18/h1,4-6H,2-3,7-8H2. The minimum atomic E-state index is -4.80. The minimum absolute atomic E-state index is 0.411. The molecule has 103 valence electrons. The van der Waals surface area contributed by atoms with Crippen LogP contribution < -0.4 is 0 Å². The van der Waals surface area contributed by atoms with E-state index in [-0.39, 0.29) is 0 Å². The summed E-state index contributed by atoms with van der Waals surface area (Å²) < 4.78 is 51.5. The van der Waals surface area contributed by atoms with Gasteiger partial charge in [0.2, 0.25) is 0 Å². The molecule has 0 unspecified atom stereocenters. The second-order valence-corrected chi connectivity index (χ2v) is 4.32. The second-order valence-electron chi connectivity index (χ2n) is 4.32. The molecule has 1 saturated heterocycles. The Morgan fingerprint density at radius 1 is 1.16 bits per heavy atom. The molecule has 0 atom stereocenters. The summed E-state index contributed by atoms with van der Waals surface area (Å²) in [6, 6.07) is 2.77. The second kappa shape index (κ2) is 5.19. The fraction of sp³-hybridized carbons (Fsp3) is 0.385. The summed E-state index contributed by atoms with van der Waals surface area (Å²) in [5.74, 6) is -2.17. The van der Waals surface area contributed by atoms with Gasteiger partial charge in [0.25, 0.3) is 5.91 Å². The van der Waals surface area contributed by atoms with Gasteiger partial charge in [-0.05, 0) is 31.4 Å². The maximum absolute atomic E-state index is 13.8. The van der Waals surface area contributed by atoms with E-state index in [1.807, 2.05) is 6.42 Å². The van der Waals surface area contributed by atoms with Crippen molar-refractivity contribution < 1.29 is 22.4 Å². The summed E-state index contributed by atoms with van der Waals surface area (Å²) in [6.45, 7) is 0.822. The summed E-state index contributed by atoms with van der Waals surface area (Å²) in [5, 5.41) is 0. The third-order valence-electron chi connectivity index (χ3n) is 3.03. The van der Waals surface area contributed by atoms with Crippen LogP contribution in [0.2, 0.25) is 0 Å². The molecule has 1 aromatic carbocycles. The highest BCUT2D eigenvalue weighted by Crippen LogP contribution is 2.32. The maximum atomic E-state index is 13.8. The summed E-state index contributed by atoms with van der Waals surface area (Å²) >= 11 is 0. The number of rotatable bonds is 1. The van der Waals surface area contributed by atoms with Crippen LogP contribution in [0.15, 0.2) is 18.2 Å². The van der Waals surface area contributed by atoms with E-state index >= 15 is 0 Å². The molecule has 6 heteroatoms. The topological polar surface area (TPSA) is 20.3 Å². The van der Waals surface area contributed by atoms with Crippen LogP contribution in [0.3, 0.4) is 0 Å². The Labute approximate surface area is 108 Å². The zero-order valence-electron chi connectivity index (χ0n) is 10.0. The van der Waals surface area contributed by atoms with Crippen molar-refractivity contribution in [1.82, 2.24) is 4.90 Å². The third-order valence-corrected chi connectivity index (χ3v) is 3.03. The Morgan fingerprint density at radius 3 is 2.37 bits per heavy atom. The number of nitrogens with zero attached hydrogens (tertiary/aromatic N) is 1. The molecule has 1 aromatic rings. The lowest BCUT2D eigenvalue weighted by molar-refractivity contribution is -0.140. The van der Waals surface area contributed by atoms with Gasteiger partial charge in [-0.25, -0.2) is 4.39 Å². The van der Waals surface area contributed by atoms with E-state index in [4.69, 9.17) is 0 Å². The molecular weight excluding hydrogens is 262 g/mol. The van der Waals surface area contributed by atoms with Crippen LogP contribution >= 0.6 is 0 Å². The Hall–Kier alpha value is -1.59. The average Bonchev–Trinajstić information content (AvgIpc) is 2.38. The van der Waals surface area contributed by atoms with Crippen molar-refractivity contribution in [1.29, 1.82) is 0 Å². The monoisotopic (exact) mass is 274 g/mol. The molecule has 0 spiro atoms. The Kier molecular flexibility index (Phi) is 3.78. The van der Waals surface area contributed by atoms with E-state index in [0.717, 1.165) is 12.1 Å². The van der Waals surface area contributed by atoms with Crippen molar-refractivity contribution in [2.24, 2.45) is 0 Å². The number of benzene rings is 1. The van der Waals surface area contributed by atoms with Gasteiger partial charge in [0, 0.05) is 13.1 Å². The van der Waals surface area contributed by atoms with Gasteiger partial charge in [-0.1, -0.05) is 6.07 Å². The number of hydrogen-bond acceptors (Lipinski definition) is 1. The highest BCUT2D eigenvalue weighted by atomic mass is 19.4. The molecule has 0 saturated carbocycles. The van der Waals surface area contributed by atoms with Crippen LogP contribution in [0.4, 0.5) is 17.6 Å². The van der Waals surface area contributed by atoms with E-state index in [9.17, 15) is 22.4 Å². The zero-order valence-corrected chi connectivity index (χ0v) is 10.0. The lowest BCUT2D eigenvalue weighted by atomic mass is 10.1. The minimum Gasteiger partial charge on any atom is -0.339 e. The average molecular weight is 274 g/mol. The Morgan fingerprint density at radius 2 is 1.79 bits per heavy atom. The van der Waals surface area contributed by atoms with E-state index in [2.05, 4.69) is 0 Å². The molecule has 1 aliphatic heterocycles. The van der Waals surface area contributed by atoms with Crippen molar-refractivity contribution in [3.63, 3.8) is 0 Å². The summed E-state index contributed by atoms with van der Waals surface area (Å²) in [6.07, 6.45) is -1.46. The molecule has 1 heterocycles. The lowest BCUT2D eigenvalue weighted by Crippen LogP contribution is -2.36. The molecular formula is C13H12F4NO. The number of alkyl halides is 3. The predicted molar refractivity (Wildman–Crippen MR) is 60.8 cm³/mol. The Balaban J connectivity index is 2.32. The van der Waals surface area contributed by atoms with Gasteiger partial charge in [0.15, 0.2) is 0 Å². The van der Waals surface area contributed by atoms with Gasteiger partial charge in [0.1, 0.15) is 5.82 Å². The molecule has 1 amide bonds. The number of piperidine rings is 1. The highest BCUT2D eigenvalue weighted by molar-refractivity contribution is 5.94. The molecule has 1 radical (unpaired) electrons. The van der Waals surface area contributed by atoms with Crippen LogP contribution in [0.5, 0.6) is 0 Å². The van der Waals surface area contributed by atoms with Crippen LogP contribution in [0.25, 0.3) is 0 Å². The van der Waals surface area contributed by atoms with Gasteiger partial charge < -0.3 is 4.90 Å². The van der Waals surface area contributed by atoms with Crippen LogP contribution in [0, 0.1) is 12.2 Å². The fourth-order valence-corrected chi connectivity index (χ4v) is 2.04. The molecule has 2 rings (SSSR count). The van der Waals surface area contributed by atoms with Crippen molar-refractivity contribution in [3.05, 3.63) is 41.6 Å². The number of likely N-dealkylation sites (tertiary alicyclic amines) is 1. The van der Waals surface area contributed by atoms with Gasteiger partial charge in [0.05, 0.1) is 11.1 Å². The predicted octanol–water partition coefficient (Wildman–Crippen LogP) is 3.28. The third kappa shape index (κ3) is 2.88. The molecule has 0 N–H and O–H groups in total. The van der Waals surface area contributed by atoms with Crippen molar-refractivity contribution >= 4 is 5.91 Å². The fourth-order valence-electron chi connectivity index (χ4n) is 2.04. The van der Waals surface area contributed by atoms with Crippen molar-refractivity contribution in [3.8, 4) is 0 Å². The molecule has 0 aliphatic carbocycles. The summed E-state index contributed by atoms with van der Waals surface area (Å²) in [4.78, 5) is 13.4. The van der Waals surface area contributed by atoms with Crippen molar-refractivity contribution in [2.45, 2.75) is 19.0 Å². The summed E-state index contributed by atoms with van der Waals surface area (Å²) in [7, 11) is 0. The van der Waals surface area contributed by atoms with E-state index in [1.165, 1.54) is 4.90 Å². The normalized spacial score (nSPS) is 16.5. The molecule has 0 bridgehead atoms. The zero-order chi connectivity index (χ0) is 14.0. The highest BCUT2D eigenvalue weighted by Gasteiger charge is 2.36. The van der Waals surface area contributed by atoms with Crippen LogP contribution in [0.1, 0.15) is 28.8 Å². The smallest absolute Gasteiger partial charge is 0.339 e. The number of carbonyl (C=O) groups excluding carboxylic acids is 1. The first kappa shape index (κ1) is 13.8. The first-order valence-corrected chi connectivity index (χ1v) is 5.88. The van der Waals surface area contributed by atoms with Gasteiger partial charge in [-0.2, -0.15) is 13.2 Å². The number of halogens is 4. The quantitative estimate of drug-likeness (QED) is 0.720. The number of hydrogen-bond donors (Lipinski definition) is 0. The number of amides is 1. The summed E-state index contributed by atoms with van der Waals surface area (Å²) in [5.41, 5.74) is -1.92. The maximum Gasteiger partial charge on any atom is 0.419 e. The van der Waals surface area contributed by atoms with E-state index in [1.54, 1.807) is 0 Å². The SMILES string of the molecule is O=C(c1cccc(C(F)(F)F)c1F)N1CC[CH]CC1. The van der Waals surface area contributed by atoms with Crippen molar-refractivity contribution in [2.75, 3.05) is 13.1 Å². The largest absolute Gasteiger partial charge is 0.419 e. The first-order chi connectivity index (χ1) is 8.91. The molecule has 19 heavy (non-hydrogen) atoms.